The topological polar surface area (TPSA) is 101 Å². The van der Waals surface area contributed by atoms with Gasteiger partial charge in [-0.2, -0.15) is 0 Å². The van der Waals surface area contributed by atoms with E-state index in [1.807, 2.05) is 80.6 Å². The molecule has 0 radical (unpaired) electrons. The molecule has 174 valence electrons. The lowest BCUT2D eigenvalue weighted by Crippen LogP contribution is -2.19. The van der Waals surface area contributed by atoms with E-state index < -0.39 is 5.63 Å². The molecule has 0 spiro atoms. The number of benzene rings is 3. The molecule has 0 atom stereocenters. The van der Waals surface area contributed by atoms with Crippen molar-refractivity contribution in [3.8, 4) is 11.5 Å². The summed E-state index contributed by atoms with van der Waals surface area (Å²) in [7, 11) is 0. The van der Waals surface area contributed by atoms with E-state index >= 15 is 0 Å². The molecule has 0 unspecified atom stereocenters. The summed E-state index contributed by atoms with van der Waals surface area (Å²) in [4.78, 5) is 22.7. The van der Waals surface area contributed by atoms with E-state index in [1.54, 1.807) is 6.07 Å². The van der Waals surface area contributed by atoms with E-state index in [2.05, 4.69) is 10.6 Å². The zero-order chi connectivity index (χ0) is 24.3. The van der Waals surface area contributed by atoms with Crippen LogP contribution in [0.2, 0.25) is 0 Å². The maximum absolute atomic E-state index is 11.6. The monoisotopic (exact) mass is 458 g/mol. The Morgan fingerprint density at radius 2 is 1.50 bits per heavy atom. The lowest BCUT2D eigenvalue weighted by Gasteiger charge is -2.07. The zero-order valence-electron chi connectivity index (χ0n) is 18.9. The Balaban J connectivity index is 0.000000192. The quantitative estimate of drug-likeness (QED) is 0.245. The number of carbonyl (C=O) groups excluding carboxylic acids is 1. The minimum absolute atomic E-state index is 0.0264. The average Bonchev–Trinajstić information content (AvgIpc) is 2.81. The standard InChI is InChI=1S/C14H14O4.C13H12N2O/c1-9(2)5-6-17-13-8-12-10(7-11(13)15)3-4-14(16)18-12;16-13(14-11-7-3-1-4-8-11)15-12-9-5-2-6-10-12/h3-5,7-8,15H,6H2,1-2H3;1-10H,(H2,14,15,16). The highest BCUT2D eigenvalue weighted by atomic mass is 16.5. The van der Waals surface area contributed by atoms with Crippen molar-refractivity contribution in [1.82, 2.24) is 0 Å². The maximum Gasteiger partial charge on any atom is 0.336 e. The summed E-state index contributed by atoms with van der Waals surface area (Å²) in [6.45, 7) is 4.28. The summed E-state index contributed by atoms with van der Waals surface area (Å²) in [5, 5.41) is 15.9. The van der Waals surface area contributed by atoms with Crippen LogP contribution in [0.5, 0.6) is 11.5 Å². The molecular formula is C27H26N2O5. The summed E-state index contributed by atoms with van der Waals surface area (Å²) in [5.74, 6) is 0.327. The third-order valence-corrected chi connectivity index (χ3v) is 4.49. The molecule has 4 aromatic rings. The summed E-state index contributed by atoms with van der Waals surface area (Å²) >= 11 is 0. The molecule has 1 aromatic heterocycles. The number of anilines is 2. The lowest BCUT2D eigenvalue weighted by atomic mass is 10.2. The van der Waals surface area contributed by atoms with Crippen molar-refractivity contribution >= 4 is 28.4 Å². The van der Waals surface area contributed by atoms with Crippen LogP contribution >= 0.6 is 0 Å². The number of allylic oxidation sites excluding steroid dienone is 1. The molecule has 7 nitrogen and oxygen atoms in total. The molecule has 2 amide bonds. The SMILES string of the molecule is CC(C)=CCOc1cc2oc(=O)ccc2cc1O.O=C(Nc1ccccc1)Nc1ccccc1. The number of fused-ring (bicyclic) bond motifs is 1. The Morgan fingerprint density at radius 1 is 0.912 bits per heavy atom. The fourth-order valence-electron chi connectivity index (χ4n) is 2.83. The smallest absolute Gasteiger partial charge is 0.336 e. The molecule has 0 aliphatic rings. The number of hydrogen-bond donors (Lipinski definition) is 3. The van der Waals surface area contributed by atoms with Gasteiger partial charge in [-0.25, -0.2) is 9.59 Å². The number of amides is 2. The van der Waals surface area contributed by atoms with Gasteiger partial charge in [0.2, 0.25) is 0 Å². The number of carbonyl (C=O) groups is 1. The number of para-hydroxylation sites is 2. The van der Waals surface area contributed by atoms with E-state index in [-0.39, 0.29) is 11.8 Å². The number of urea groups is 1. The minimum atomic E-state index is -0.427. The Hall–Kier alpha value is -4.52. The average molecular weight is 459 g/mol. The number of phenols is 1. The van der Waals surface area contributed by atoms with Crippen LogP contribution < -0.4 is 21.0 Å². The molecule has 4 rings (SSSR count). The van der Waals surface area contributed by atoms with Gasteiger partial charge in [0.25, 0.3) is 0 Å². The van der Waals surface area contributed by atoms with Crippen molar-refractivity contribution in [2.45, 2.75) is 13.8 Å². The molecular weight excluding hydrogens is 432 g/mol. The van der Waals surface area contributed by atoms with Crippen molar-refractivity contribution in [2.75, 3.05) is 17.2 Å². The second kappa shape index (κ2) is 11.9. The number of phenolic OH excluding ortho intramolecular Hbond substituents is 1. The van der Waals surface area contributed by atoms with Crippen LogP contribution in [-0.2, 0) is 0 Å². The van der Waals surface area contributed by atoms with Crippen LogP contribution in [0.15, 0.2) is 106 Å². The van der Waals surface area contributed by atoms with Crippen LogP contribution in [0.1, 0.15) is 13.8 Å². The summed E-state index contributed by atoms with van der Waals surface area (Å²) in [5.41, 5.74) is 2.64. The van der Waals surface area contributed by atoms with Gasteiger partial charge in [0.05, 0.1) is 0 Å². The number of ether oxygens (including phenoxy) is 1. The van der Waals surface area contributed by atoms with Gasteiger partial charge in [-0.1, -0.05) is 42.0 Å². The van der Waals surface area contributed by atoms with Crippen molar-refractivity contribution < 1.29 is 19.1 Å². The normalized spacial score (nSPS) is 9.94. The molecule has 0 saturated carbocycles. The number of aromatic hydroxyl groups is 1. The Kier molecular flexibility index (Phi) is 8.46. The van der Waals surface area contributed by atoms with Gasteiger partial charge in [0, 0.05) is 28.9 Å². The highest BCUT2D eigenvalue weighted by Crippen LogP contribution is 2.30. The first kappa shape index (κ1) is 24.1. The van der Waals surface area contributed by atoms with Crippen LogP contribution in [0.3, 0.4) is 0 Å². The van der Waals surface area contributed by atoms with Crippen LogP contribution in [0.4, 0.5) is 16.2 Å². The Morgan fingerprint density at radius 3 is 2.06 bits per heavy atom. The first-order chi connectivity index (χ1) is 16.4. The van der Waals surface area contributed by atoms with Gasteiger partial charge < -0.3 is 24.9 Å². The molecule has 34 heavy (non-hydrogen) atoms. The Labute approximate surface area is 197 Å². The lowest BCUT2D eigenvalue weighted by molar-refractivity contribution is 0.262. The van der Waals surface area contributed by atoms with Gasteiger partial charge >= 0.3 is 11.7 Å². The molecule has 1 heterocycles. The fraction of sp³-hybridized carbons (Fsp3) is 0.111. The van der Waals surface area contributed by atoms with E-state index in [0.717, 1.165) is 16.9 Å². The van der Waals surface area contributed by atoms with Crippen LogP contribution in [0, 0.1) is 0 Å². The third-order valence-electron chi connectivity index (χ3n) is 4.49. The summed E-state index contributed by atoms with van der Waals surface area (Å²) in [6, 6.07) is 24.3. The highest BCUT2D eigenvalue weighted by Gasteiger charge is 2.06. The molecule has 0 aliphatic carbocycles. The van der Waals surface area contributed by atoms with Crippen molar-refractivity contribution in [1.29, 1.82) is 0 Å². The van der Waals surface area contributed by atoms with Crippen molar-refractivity contribution in [3.63, 3.8) is 0 Å². The van der Waals surface area contributed by atoms with Crippen molar-refractivity contribution in [2.24, 2.45) is 0 Å². The predicted octanol–water partition coefficient (Wildman–Crippen LogP) is 6.17. The first-order valence-electron chi connectivity index (χ1n) is 10.6. The molecule has 3 aromatic carbocycles. The fourth-order valence-corrected chi connectivity index (χ4v) is 2.83. The van der Waals surface area contributed by atoms with E-state index in [4.69, 9.17) is 9.15 Å². The van der Waals surface area contributed by atoms with Crippen LogP contribution in [-0.4, -0.2) is 17.7 Å². The molecule has 7 heteroatoms. The summed E-state index contributed by atoms with van der Waals surface area (Å²) in [6.07, 6.45) is 1.89. The van der Waals surface area contributed by atoms with Gasteiger partial charge in [-0.15, -0.1) is 0 Å². The maximum atomic E-state index is 11.6. The largest absolute Gasteiger partial charge is 0.504 e. The zero-order valence-corrected chi connectivity index (χ0v) is 18.9. The van der Waals surface area contributed by atoms with E-state index in [1.165, 1.54) is 18.2 Å². The minimum Gasteiger partial charge on any atom is -0.504 e. The molecule has 0 fully saturated rings. The highest BCUT2D eigenvalue weighted by molar-refractivity contribution is 5.99. The van der Waals surface area contributed by atoms with Gasteiger partial charge in [-0.05, 0) is 56.3 Å². The van der Waals surface area contributed by atoms with Crippen LogP contribution in [0.25, 0.3) is 11.0 Å². The molecule has 0 saturated heterocycles. The summed E-state index contributed by atoms with van der Waals surface area (Å²) < 4.78 is 10.4. The predicted molar refractivity (Wildman–Crippen MR) is 135 cm³/mol. The molecule has 0 bridgehead atoms. The van der Waals surface area contributed by atoms with E-state index in [0.29, 0.717) is 23.3 Å². The first-order valence-corrected chi connectivity index (χ1v) is 10.6. The molecule has 3 N–H and O–H groups in total. The number of hydrogen-bond acceptors (Lipinski definition) is 5. The number of nitrogens with one attached hydrogen (secondary N) is 2. The Bertz CT molecular complexity index is 1270. The second-order valence-electron chi connectivity index (χ2n) is 7.52. The van der Waals surface area contributed by atoms with E-state index in [9.17, 15) is 14.7 Å². The number of rotatable bonds is 5. The van der Waals surface area contributed by atoms with Gasteiger partial charge in [-0.3, -0.25) is 0 Å². The van der Waals surface area contributed by atoms with Gasteiger partial charge in [0.15, 0.2) is 11.5 Å². The third kappa shape index (κ3) is 7.56. The van der Waals surface area contributed by atoms with Crippen molar-refractivity contribution in [3.05, 3.63) is 107 Å². The molecule has 0 aliphatic heterocycles. The second-order valence-corrected chi connectivity index (χ2v) is 7.52. The van der Waals surface area contributed by atoms with Gasteiger partial charge in [0.1, 0.15) is 12.2 Å².